The topological polar surface area (TPSA) is 63.6 Å². The number of hydrogen-bond acceptors (Lipinski definition) is 4. The molecule has 1 N–H and O–H groups in total. The molecule has 0 saturated carbocycles. The Morgan fingerprint density at radius 3 is 2.79 bits per heavy atom. The smallest absolute Gasteiger partial charge is 0.280 e. The van der Waals surface area contributed by atoms with Gasteiger partial charge in [-0.2, -0.15) is 5.10 Å². The maximum absolute atomic E-state index is 12.0. The first kappa shape index (κ1) is 15.7. The number of nitrogens with zero attached hydrogens (tertiary/aromatic N) is 2. The molecule has 1 aromatic heterocycles. The van der Waals surface area contributed by atoms with Gasteiger partial charge in [0, 0.05) is 18.0 Å². The van der Waals surface area contributed by atoms with Crippen LogP contribution in [0.1, 0.15) is 12.5 Å². The van der Waals surface area contributed by atoms with Crippen LogP contribution in [-0.4, -0.2) is 23.2 Å². The summed E-state index contributed by atoms with van der Waals surface area (Å²) in [7, 11) is 0. The largest absolute Gasteiger partial charge is 0.481 e. The summed E-state index contributed by atoms with van der Waals surface area (Å²) in [5.74, 6) is 0.330. The number of hydrazone groups is 1. The van der Waals surface area contributed by atoms with Gasteiger partial charge in [0.25, 0.3) is 5.91 Å². The van der Waals surface area contributed by atoms with E-state index in [-0.39, 0.29) is 5.91 Å². The zero-order chi connectivity index (χ0) is 16.8. The van der Waals surface area contributed by atoms with Crippen LogP contribution in [0.3, 0.4) is 0 Å². The fraction of sp³-hybridized carbons (Fsp3) is 0.105. The molecule has 0 fully saturated rings. The predicted molar refractivity (Wildman–Crippen MR) is 94.0 cm³/mol. The Labute approximate surface area is 140 Å². The van der Waals surface area contributed by atoms with Gasteiger partial charge in [0.15, 0.2) is 6.10 Å². The van der Waals surface area contributed by atoms with Crippen molar-refractivity contribution in [2.75, 3.05) is 0 Å². The number of benzene rings is 2. The lowest BCUT2D eigenvalue weighted by atomic mass is 10.1. The van der Waals surface area contributed by atoms with E-state index in [0.29, 0.717) is 5.75 Å². The van der Waals surface area contributed by atoms with Crippen LogP contribution in [0.4, 0.5) is 0 Å². The molecule has 5 heteroatoms. The Morgan fingerprint density at radius 1 is 1.17 bits per heavy atom. The van der Waals surface area contributed by atoms with Crippen molar-refractivity contribution < 1.29 is 9.53 Å². The Balaban J connectivity index is 1.59. The fourth-order valence-electron chi connectivity index (χ4n) is 2.21. The molecule has 0 spiro atoms. The fourth-order valence-corrected chi connectivity index (χ4v) is 2.21. The number of nitrogens with one attached hydrogen (secondary N) is 1. The second-order valence-electron chi connectivity index (χ2n) is 5.29. The molecule has 1 heterocycles. The highest BCUT2D eigenvalue weighted by Gasteiger charge is 2.14. The molecule has 0 unspecified atom stereocenters. The van der Waals surface area contributed by atoms with E-state index in [2.05, 4.69) is 15.5 Å². The van der Waals surface area contributed by atoms with Gasteiger partial charge in [-0.3, -0.25) is 9.78 Å². The summed E-state index contributed by atoms with van der Waals surface area (Å²) in [6.45, 7) is 1.68. The second-order valence-corrected chi connectivity index (χ2v) is 5.29. The van der Waals surface area contributed by atoms with Gasteiger partial charge >= 0.3 is 0 Å². The van der Waals surface area contributed by atoms with Gasteiger partial charge < -0.3 is 4.74 Å². The van der Waals surface area contributed by atoms with Crippen molar-refractivity contribution in [1.82, 2.24) is 10.4 Å². The van der Waals surface area contributed by atoms with Crippen molar-refractivity contribution >= 4 is 22.9 Å². The normalized spacial score (nSPS) is 12.2. The van der Waals surface area contributed by atoms with Gasteiger partial charge in [0.1, 0.15) is 5.75 Å². The van der Waals surface area contributed by atoms with Crippen LogP contribution < -0.4 is 10.2 Å². The summed E-state index contributed by atoms with van der Waals surface area (Å²) in [5.41, 5.74) is 3.27. The van der Waals surface area contributed by atoms with E-state index in [1.165, 1.54) is 6.21 Å². The lowest BCUT2D eigenvalue weighted by Gasteiger charge is -2.13. The maximum Gasteiger partial charge on any atom is 0.280 e. The summed E-state index contributed by atoms with van der Waals surface area (Å²) in [5, 5.41) is 6.10. The summed E-state index contributed by atoms with van der Waals surface area (Å²) in [6.07, 6.45) is 4.21. The van der Waals surface area contributed by atoms with Crippen molar-refractivity contribution in [2.45, 2.75) is 13.0 Å². The van der Waals surface area contributed by atoms with Crippen LogP contribution in [0, 0.1) is 0 Å². The third-order valence-corrected chi connectivity index (χ3v) is 3.48. The van der Waals surface area contributed by atoms with Crippen LogP contribution in [0.5, 0.6) is 5.75 Å². The minimum absolute atomic E-state index is 0.316. The van der Waals surface area contributed by atoms with Crippen LogP contribution in [0.2, 0.25) is 0 Å². The average molecular weight is 319 g/mol. The monoisotopic (exact) mass is 319 g/mol. The molecule has 24 heavy (non-hydrogen) atoms. The number of amides is 1. The van der Waals surface area contributed by atoms with Crippen molar-refractivity contribution in [3.8, 4) is 5.75 Å². The van der Waals surface area contributed by atoms with E-state index >= 15 is 0 Å². The first-order chi connectivity index (χ1) is 11.7. The van der Waals surface area contributed by atoms with Gasteiger partial charge in [-0.1, -0.05) is 36.4 Å². The molecule has 0 aliphatic heterocycles. The van der Waals surface area contributed by atoms with Gasteiger partial charge in [-0.15, -0.1) is 0 Å². The highest BCUT2D eigenvalue weighted by molar-refractivity contribution is 5.85. The standard InChI is InChI=1S/C19H17N3O2/c1-14(19(23)22-21-13-15-5-4-10-20-12-15)24-18-9-8-16-6-2-3-7-17(16)11-18/h2-14H,1H3,(H,22,23)/t14-/m0/s1. The average Bonchev–Trinajstić information content (AvgIpc) is 2.62. The first-order valence-corrected chi connectivity index (χ1v) is 7.61. The van der Waals surface area contributed by atoms with Gasteiger partial charge in [-0.05, 0) is 35.9 Å². The first-order valence-electron chi connectivity index (χ1n) is 7.61. The highest BCUT2D eigenvalue weighted by Crippen LogP contribution is 2.21. The Kier molecular flexibility index (Phi) is 4.81. The predicted octanol–water partition coefficient (Wildman–Crippen LogP) is 3.15. The number of carbonyl (C=O) groups is 1. The number of hydrogen-bond donors (Lipinski definition) is 1. The van der Waals surface area contributed by atoms with Crippen LogP contribution >= 0.6 is 0 Å². The van der Waals surface area contributed by atoms with Gasteiger partial charge in [0.2, 0.25) is 0 Å². The number of pyridine rings is 1. The van der Waals surface area contributed by atoms with E-state index in [1.807, 2.05) is 48.5 Å². The number of aromatic nitrogens is 1. The van der Waals surface area contributed by atoms with Crippen molar-refractivity contribution in [1.29, 1.82) is 0 Å². The minimum Gasteiger partial charge on any atom is -0.481 e. The highest BCUT2D eigenvalue weighted by atomic mass is 16.5. The molecule has 5 nitrogen and oxygen atoms in total. The second kappa shape index (κ2) is 7.37. The molecular weight excluding hydrogens is 302 g/mol. The number of ether oxygens (including phenoxy) is 1. The van der Waals surface area contributed by atoms with Crippen molar-refractivity contribution in [2.24, 2.45) is 5.10 Å². The molecular formula is C19H17N3O2. The van der Waals surface area contributed by atoms with E-state index in [1.54, 1.807) is 25.4 Å². The molecule has 0 aliphatic rings. The summed E-state index contributed by atoms with van der Waals surface area (Å²) in [6, 6.07) is 17.4. The minimum atomic E-state index is -0.655. The van der Waals surface area contributed by atoms with Crippen LogP contribution in [0.25, 0.3) is 10.8 Å². The zero-order valence-electron chi connectivity index (χ0n) is 13.2. The number of carbonyl (C=O) groups excluding carboxylic acids is 1. The lowest BCUT2D eigenvalue weighted by Crippen LogP contribution is -2.33. The number of fused-ring (bicyclic) bond motifs is 1. The molecule has 0 saturated heterocycles. The molecule has 1 atom stereocenters. The van der Waals surface area contributed by atoms with E-state index < -0.39 is 6.10 Å². The van der Waals surface area contributed by atoms with Gasteiger partial charge in [0.05, 0.1) is 6.21 Å². The van der Waals surface area contributed by atoms with Gasteiger partial charge in [-0.25, -0.2) is 5.43 Å². The molecule has 0 radical (unpaired) electrons. The maximum atomic E-state index is 12.0. The summed E-state index contributed by atoms with van der Waals surface area (Å²) >= 11 is 0. The SMILES string of the molecule is C[C@H](Oc1ccc2ccccc2c1)C(=O)NN=Cc1cccnc1. The Morgan fingerprint density at radius 2 is 2.00 bits per heavy atom. The summed E-state index contributed by atoms with van der Waals surface area (Å²) in [4.78, 5) is 16.0. The molecule has 3 aromatic rings. The van der Waals surface area contributed by atoms with Crippen LogP contribution in [0.15, 0.2) is 72.1 Å². The molecule has 0 aliphatic carbocycles. The molecule has 0 bridgehead atoms. The van der Waals surface area contributed by atoms with Crippen LogP contribution in [-0.2, 0) is 4.79 Å². The zero-order valence-corrected chi connectivity index (χ0v) is 13.2. The number of rotatable bonds is 5. The van der Waals surface area contributed by atoms with E-state index in [0.717, 1.165) is 16.3 Å². The molecule has 120 valence electrons. The molecule has 3 rings (SSSR count). The van der Waals surface area contributed by atoms with Crippen molar-refractivity contribution in [3.63, 3.8) is 0 Å². The van der Waals surface area contributed by atoms with E-state index in [4.69, 9.17) is 4.74 Å². The summed E-state index contributed by atoms with van der Waals surface area (Å²) < 4.78 is 5.69. The Bertz CT molecular complexity index is 863. The Hall–Kier alpha value is -3.21. The molecule has 1 amide bonds. The van der Waals surface area contributed by atoms with Crippen molar-refractivity contribution in [3.05, 3.63) is 72.6 Å². The third-order valence-electron chi connectivity index (χ3n) is 3.48. The van der Waals surface area contributed by atoms with E-state index in [9.17, 15) is 4.79 Å². The lowest BCUT2D eigenvalue weighted by molar-refractivity contribution is -0.127. The molecule has 2 aromatic carbocycles. The third kappa shape index (κ3) is 3.95. The quantitative estimate of drug-likeness (QED) is 0.580.